The van der Waals surface area contributed by atoms with E-state index in [1.807, 2.05) is 24.0 Å². The van der Waals surface area contributed by atoms with Crippen molar-refractivity contribution in [2.24, 2.45) is 4.99 Å². The Bertz CT molecular complexity index is 662. The second kappa shape index (κ2) is 8.67. The fourth-order valence-electron chi connectivity index (χ4n) is 3.35. The highest BCUT2D eigenvalue weighted by Crippen LogP contribution is 2.15. The summed E-state index contributed by atoms with van der Waals surface area (Å²) in [6.07, 6.45) is 6.30. The second-order valence-electron chi connectivity index (χ2n) is 6.35. The summed E-state index contributed by atoms with van der Waals surface area (Å²) in [5.41, 5.74) is 2.28. The molecule has 2 heterocycles. The zero-order valence-corrected chi connectivity index (χ0v) is 15.2. The maximum Gasteiger partial charge on any atom is 0.191 e. The fourth-order valence-corrected chi connectivity index (χ4v) is 3.35. The highest BCUT2D eigenvalue weighted by atomic mass is 15.3. The van der Waals surface area contributed by atoms with Crippen LogP contribution in [0.5, 0.6) is 0 Å². The average molecular weight is 340 g/mol. The van der Waals surface area contributed by atoms with Crippen LogP contribution < -0.4 is 10.6 Å². The van der Waals surface area contributed by atoms with Gasteiger partial charge in [0.2, 0.25) is 0 Å². The van der Waals surface area contributed by atoms with Gasteiger partial charge in [0.15, 0.2) is 5.96 Å². The molecule has 0 bridgehead atoms. The van der Waals surface area contributed by atoms with Gasteiger partial charge in [0, 0.05) is 38.6 Å². The van der Waals surface area contributed by atoms with Gasteiger partial charge in [0.25, 0.3) is 0 Å². The predicted molar refractivity (Wildman–Crippen MR) is 102 cm³/mol. The molecule has 1 saturated heterocycles. The minimum atomic E-state index is 0.622. The molecule has 134 valence electrons. The molecule has 0 spiro atoms. The standard InChI is InChI=1S/C19H28N6/c1-3-24-12-4-6-18(24)15-22-19(20-2)21-14-16-7-9-17(10-8-16)25-13-5-11-23-25/h5,7-11,13,18H,3-4,6,12,14-15H2,1-2H3,(H2,20,21,22). The van der Waals surface area contributed by atoms with E-state index < -0.39 is 0 Å². The van der Waals surface area contributed by atoms with Crippen LogP contribution in [0.1, 0.15) is 25.3 Å². The third-order valence-electron chi connectivity index (χ3n) is 4.80. The molecule has 1 fully saturated rings. The summed E-state index contributed by atoms with van der Waals surface area (Å²) in [5, 5.41) is 11.1. The lowest BCUT2D eigenvalue weighted by Crippen LogP contribution is -2.44. The number of aliphatic imine (C=N–C) groups is 1. The lowest BCUT2D eigenvalue weighted by Gasteiger charge is -2.24. The number of likely N-dealkylation sites (tertiary alicyclic amines) is 1. The first-order valence-electron chi connectivity index (χ1n) is 9.07. The van der Waals surface area contributed by atoms with Crippen molar-refractivity contribution in [3.63, 3.8) is 0 Å². The summed E-state index contributed by atoms with van der Waals surface area (Å²) in [6, 6.07) is 10.9. The van der Waals surface area contributed by atoms with E-state index in [4.69, 9.17) is 0 Å². The highest BCUT2D eigenvalue weighted by molar-refractivity contribution is 5.79. The third-order valence-corrected chi connectivity index (χ3v) is 4.80. The molecule has 2 N–H and O–H groups in total. The molecule has 1 aromatic carbocycles. The largest absolute Gasteiger partial charge is 0.355 e. The SMILES string of the molecule is CCN1CCCC1CNC(=NC)NCc1ccc(-n2cccn2)cc1. The zero-order valence-electron chi connectivity index (χ0n) is 15.2. The highest BCUT2D eigenvalue weighted by Gasteiger charge is 2.22. The van der Waals surface area contributed by atoms with Crippen LogP contribution in [-0.2, 0) is 6.54 Å². The van der Waals surface area contributed by atoms with E-state index in [0.717, 1.165) is 31.3 Å². The van der Waals surface area contributed by atoms with Crippen LogP contribution in [0, 0.1) is 0 Å². The number of nitrogens with zero attached hydrogens (tertiary/aromatic N) is 4. The maximum atomic E-state index is 4.33. The molecule has 6 nitrogen and oxygen atoms in total. The molecule has 1 aliphatic rings. The molecule has 0 amide bonds. The molecule has 3 rings (SSSR count). The van der Waals surface area contributed by atoms with Gasteiger partial charge in [0.1, 0.15) is 0 Å². The minimum Gasteiger partial charge on any atom is -0.355 e. The van der Waals surface area contributed by atoms with Crippen molar-refractivity contribution in [3.05, 3.63) is 48.3 Å². The van der Waals surface area contributed by atoms with E-state index in [0.29, 0.717) is 6.04 Å². The number of hydrogen-bond donors (Lipinski definition) is 2. The monoisotopic (exact) mass is 340 g/mol. The van der Waals surface area contributed by atoms with Gasteiger partial charge in [-0.1, -0.05) is 19.1 Å². The molecule has 2 aromatic rings. The zero-order chi connectivity index (χ0) is 17.5. The summed E-state index contributed by atoms with van der Waals surface area (Å²) >= 11 is 0. The van der Waals surface area contributed by atoms with Crippen LogP contribution in [-0.4, -0.2) is 53.4 Å². The Hall–Kier alpha value is -2.34. The Morgan fingerprint density at radius 1 is 1.28 bits per heavy atom. The smallest absolute Gasteiger partial charge is 0.191 e. The average Bonchev–Trinajstić information content (AvgIpc) is 3.34. The molecule has 1 aromatic heterocycles. The Morgan fingerprint density at radius 3 is 2.80 bits per heavy atom. The summed E-state index contributed by atoms with van der Waals surface area (Å²) in [7, 11) is 1.82. The van der Waals surface area contributed by atoms with Gasteiger partial charge < -0.3 is 10.6 Å². The fraction of sp³-hybridized carbons (Fsp3) is 0.474. The van der Waals surface area contributed by atoms with Crippen molar-refractivity contribution in [3.8, 4) is 5.69 Å². The van der Waals surface area contributed by atoms with E-state index in [1.165, 1.54) is 24.9 Å². The molecule has 0 saturated carbocycles. The second-order valence-corrected chi connectivity index (χ2v) is 6.35. The molecule has 25 heavy (non-hydrogen) atoms. The Labute approximate surface area is 149 Å². The van der Waals surface area contributed by atoms with E-state index in [1.54, 1.807) is 6.20 Å². The van der Waals surface area contributed by atoms with E-state index >= 15 is 0 Å². The van der Waals surface area contributed by atoms with Gasteiger partial charge in [-0.3, -0.25) is 9.89 Å². The molecule has 1 atom stereocenters. The van der Waals surface area contributed by atoms with Crippen LogP contribution in [0.3, 0.4) is 0 Å². The number of guanidine groups is 1. The number of aromatic nitrogens is 2. The Morgan fingerprint density at radius 2 is 2.12 bits per heavy atom. The molecule has 0 aliphatic carbocycles. The van der Waals surface area contributed by atoms with Crippen molar-refractivity contribution in [2.45, 2.75) is 32.4 Å². The van der Waals surface area contributed by atoms with Crippen LogP contribution in [0.2, 0.25) is 0 Å². The summed E-state index contributed by atoms with van der Waals surface area (Å²) in [6.45, 7) is 6.28. The number of likely N-dealkylation sites (N-methyl/N-ethyl adjacent to an activating group) is 1. The Balaban J connectivity index is 1.48. The molecule has 1 aliphatic heterocycles. The first-order chi connectivity index (χ1) is 12.3. The van der Waals surface area contributed by atoms with Gasteiger partial charge in [0.05, 0.1) is 5.69 Å². The van der Waals surface area contributed by atoms with Crippen molar-refractivity contribution in [2.75, 3.05) is 26.7 Å². The number of nitrogens with one attached hydrogen (secondary N) is 2. The van der Waals surface area contributed by atoms with Gasteiger partial charge >= 0.3 is 0 Å². The summed E-state index contributed by atoms with van der Waals surface area (Å²) in [5.74, 6) is 0.860. The van der Waals surface area contributed by atoms with E-state index in [2.05, 4.69) is 56.8 Å². The van der Waals surface area contributed by atoms with Gasteiger partial charge in [-0.25, -0.2) is 4.68 Å². The molecular formula is C19H28N6. The normalized spacial score (nSPS) is 18.5. The van der Waals surface area contributed by atoms with Crippen LogP contribution >= 0.6 is 0 Å². The van der Waals surface area contributed by atoms with Gasteiger partial charge in [-0.15, -0.1) is 0 Å². The topological polar surface area (TPSA) is 57.5 Å². The summed E-state index contributed by atoms with van der Waals surface area (Å²) < 4.78 is 1.86. The third kappa shape index (κ3) is 4.60. The number of hydrogen-bond acceptors (Lipinski definition) is 3. The van der Waals surface area contributed by atoms with Crippen molar-refractivity contribution >= 4 is 5.96 Å². The van der Waals surface area contributed by atoms with Crippen LogP contribution in [0.15, 0.2) is 47.7 Å². The minimum absolute atomic E-state index is 0.622. The van der Waals surface area contributed by atoms with Crippen molar-refractivity contribution < 1.29 is 0 Å². The van der Waals surface area contributed by atoms with E-state index in [-0.39, 0.29) is 0 Å². The van der Waals surface area contributed by atoms with Crippen molar-refractivity contribution in [1.29, 1.82) is 0 Å². The van der Waals surface area contributed by atoms with Crippen LogP contribution in [0.25, 0.3) is 5.69 Å². The van der Waals surface area contributed by atoms with Gasteiger partial charge in [-0.05, 0) is 49.7 Å². The van der Waals surface area contributed by atoms with Gasteiger partial charge in [-0.2, -0.15) is 5.10 Å². The maximum absolute atomic E-state index is 4.33. The Kier molecular flexibility index (Phi) is 6.06. The quantitative estimate of drug-likeness (QED) is 0.624. The molecule has 1 unspecified atom stereocenters. The molecule has 6 heteroatoms. The van der Waals surface area contributed by atoms with Crippen LogP contribution in [0.4, 0.5) is 0 Å². The number of benzene rings is 1. The first-order valence-corrected chi connectivity index (χ1v) is 9.07. The molecule has 0 radical (unpaired) electrons. The molecular weight excluding hydrogens is 312 g/mol. The summed E-state index contributed by atoms with van der Waals surface area (Å²) in [4.78, 5) is 6.87. The lowest BCUT2D eigenvalue weighted by molar-refractivity contribution is 0.267. The number of rotatable bonds is 6. The van der Waals surface area contributed by atoms with E-state index in [9.17, 15) is 0 Å². The lowest BCUT2D eigenvalue weighted by atomic mass is 10.2. The predicted octanol–water partition coefficient (Wildman–Crippen LogP) is 2.02. The van der Waals surface area contributed by atoms with Crippen molar-refractivity contribution in [1.82, 2.24) is 25.3 Å². The first kappa shape index (κ1) is 17.5.